The van der Waals surface area contributed by atoms with Crippen molar-refractivity contribution in [1.29, 1.82) is 0 Å². The fourth-order valence-corrected chi connectivity index (χ4v) is 5.55. The first-order chi connectivity index (χ1) is 23.0. The molecule has 0 unspecified atom stereocenters. The van der Waals surface area contributed by atoms with Crippen molar-refractivity contribution in [2.24, 2.45) is 0 Å². The summed E-state index contributed by atoms with van der Waals surface area (Å²) in [6.07, 6.45) is 0.0342. The highest BCUT2D eigenvalue weighted by atomic mass is 35.5. The minimum absolute atomic E-state index is 0.00965. The first-order valence-corrected chi connectivity index (χ1v) is 18.8. The van der Waals surface area contributed by atoms with Crippen LogP contribution in [0.15, 0.2) is 80.8 Å². The number of benzene rings is 2. The van der Waals surface area contributed by atoms with E-state index < -0.39 is 33.2 Å². The molecule has 12 nitrogen and oxygen atoms in total. The zero-order valence-corrected chi connectivity index (χ0v) is 33.3. The Morgan fingerprint density at radius 1 is 0.680 bits per heavy atom. The molecule has 0 spiro atoms. The highest BCUT2D eigenvalue weighted by Crippen LogP contribution is 2.28. The van der Waals surface area contributed by atoms with Crippen molar-refractivity contribution in [2.75, 3.05) is 16.9 Å². The van der Waals surface area contributed by atoms with E-state index in [-0.39, 0.29) is 25.8 Å². The third-order valence-electron chi connectivity index (χ3n) is 4.84. The quantitative estimate of drug-likeness (QED) is 0.0998. The Kier molecular flexibility index (Phi) is 16.4. The number of anilines is 2. The van der Waals surface area contributed by atoms with Crippen LogP contribution in [-0.4, -0.2) is 58.0 Å². The van der Waals surface area contributed by atoms with Crippen LogP contribution in [-0.2, 0) is 19.3 Å². The molecule has 2 N–H and O–H groups in total. The average molecular weight is 825 g/mol. The Morgan fingerprint density at radius 2 is 1.04 bits per heavy atom. The summed E-state index contributed by atoms with van der Waals surface area (Å²) in [4.78, 5) is 39.9. The number of carbonyl (C=O) groups is 2. The van der Waals surface area contributed by atoms with Gasteiger partial charge in [-0.25, -0.2) is 37.9 Å². The lowest BCUT2D eigenvalue weighted by atomic mass is 10.2. The number of hydrogen-bond acceptors (Lipinski definition) is 12. The van der Waals surface area contributed by atoms with E-state index in [1.165, 1.54) is 23.9 Å². The second-order valence-electron chi connectivity index (χ2n) is 11.8. The van der Waals surface area contributed by atoms with Gasteiger partial charge < -0.3 is 9.47 Å². The Morgan fingerprint density at radius 3 is 1.40 bits per heavy atom. The predicted molar refractivity (Wildman–Crippen MR) is 201 cm³/mol. The molecule has 0 aliphatic heterocycles. The van der Waals surface area contributed by atoms with Crippen molar-refractivity contribution in [3.63, 3.8) is 0 Å². The summed E-state index contributed by atoms with van der Waals surface area (Å²) in [5.41, 5.74) is 0.312. The third kappa shape index (κ3) is 18.3. The van der Waals surface area contributed by atoms with Gasteiger partial charge in [-0.05, 0) is 102 Å². The number of amides is 2. The SMILES string of the molecule is CC(C)(C)OC(=O)Nc1ccc(S)cc1.CC(C)(C)OC(=O)Nc1ccc(Sc2nc(Cl)cc(Cl)n2)cc1.CS(=O)(=O)c1nc(Cl)cc(Cl)n1. The van der Waals surface area contributed by atoms with Crippen molar-refractivity contribution in [2.45, 2.75) is 72.8 Å². The maximum Gasteiger partial charge on any atom is 0.412 e. The maximum absolute atomic E-state index is 11.7. The van der Waals surface area contributed by atoms with Gasteiger partial charge >= 0.3 is 12.2 Å². The molecule has 2 aromatic heterocycles. The summed E-state index contributed by atoms with van der Waals surface area (Å²) >= 11 is 28.1. The average Bonchev–Trinajstić information content (AvgIpc) is 2.93. The molecule has 0 aliphatic rings. The maximum atomic E-state index is 11.7. The summed E-state index contributed by atoms with van der Waals surface area (Å²) in [5.74, 6) is 0. The van der Waals surface area contributed by atoms with E-state index in [4.69, 9.17) is 55.9 Å². The number of sulfone groups is 1. The van der Waals surface area contributed by atoms with Crippen LogP contribution in [0, 0.1) is 0 Å². The van der Waals surface area contributed by atoms with Crippen LogP contribution >= 0.6 is 70.8 Å². The molecular formula is C31H34Cl4N6O6S3. The van der Waals surface area contributed by atoms with Gasteiger partial charge in [0.25, 0.3) is 0 Å². The van der Waals surface area contributed by atoms with Gasteiger partial charge in [-0.1, -0.05) is 46.4 Å². The molecule has 19 heteroatoms. The Labute approximate surface area is 320 Å². The van der Waals surface area contributed by atoms with Crippen LogP contribution in [0.2, 0.25) is 20.6 Å². The number of hydrogen-bond donors (Lipinski definition) is 3. The zero-order chi connectivity index (χ0) is 37.9. The van der Waals surface area contributed by atoms with E-state index in [2.05, 4.69) is 43.2 Å². The lowest BCUT2D eigenvalue weighted by molar-refractivity contribution is 0.0624. The second-order valence-corrected chi connectivity index (χ2v) is 16.8. The first kappa shape index (κ1) is 43.1. The van der Waals surface area contributed by atoms with Crippen LogP contribution in [0.3, 0.4) is 0 Å². The number of thiol groups is 1. The molecule has 4 aromatic rings. The molecule has 2 amide bonds. The van der Waals surface area contributed by atoms with Crippen LogP contribution in [0.25, 0.3) is 0 Å². The normalized spacial score (nSPS) is 11.2. The topological polar surface area (TPSA) is 162 Å². The van der Waals surface area contributed by atoms with Crippen molar-refractivity contribution in [1.82, 2.24) is 19.9 Å². The van der Waals surface area contributed by atoms with E-state index in [9.17, 15) is 18.0 Å². The van der Waals surface area contributed by atoms with Crippen LogP contribution < -0.4 is 10.6 Å². The second kappa shape index (κ2) is 19.0. The molecule has 270 valence electrons. The minimum Gasteiger partial charge on any atom is -0.444 e. The number of ether oxygens (including phenoxy) is 2. The predicted octanol–water partition coefficient (Wildman–Crippen LogP) is 9.79. The monoisotopic (exact) mass is 822 g/mol. The summed E-state index contributed by atoms with van der Waals surface area (Å²) in [6.45, 7) is 10.9. The highest BCUT2D eigenvalue weighted by Gasteiger charge is 2.17. The van der Waals surface area contributed by atoms with Crippen molar-refractivity contribution >= 4 is 104 Å². The molecule has 2 aromatic carbocycles. The summed E-state index contributed by atoms with van der Waals surface area (Å²) in [5, 5.41) is 5.98. The van der Waals surface area contributed by atoms with Crippen molar-refractivity contribution in [3.8, 4) is 0 Å². The Bertz CT molecular complexity index is 1830. The zero-order valence-electron chi connectivity index (χ0n) is 27.8. The molecule has 0 bridgehead atoms. The van der Waals surface area contributed by atoms with Gasteiger partial charge in [0.1, 0.15) is 31.8 Å². The molecule has 0 radical (unpaired) electrons. The molecule has 50 heavy (non-hydrogen) atoms. The van der Waals surface area contributed by atoms with E-state index in [0.717, 1.165) is 16.0 Å². The first-order valence-electron chi connectivity index (χ1n) is 14.1. The van der Waals surface area contributed by atoms with Gasteiger partial charge in [0.2, 0.25) is 15.0 Å². The van der Waals surface area contributed by atoms with Crippen molar-refractivity contribution < 1.29 is 27.5 Å². The summed E-state index contributed by atoms with van der Waals surface area (Å²) in [6, 6.07) is 17.1. The number of nitrogens with one attached hydrogen (secondary N) is 2. The van der Waals surface area contributed by atoms with Gasteiger partial charge in [0, 0.05) is 39.6 Å². The highest BCUT2D eigenvalue weighted by molar-refractivity contribution is 7.99. The number of rotatable bonds is 5. The lowest BCUT2D eigenvalue weighted by Crippen LogP contribution is -2.27. The largest absolute Gasteiger partial charge is 0.444 e. The standard InChI is InChI=1S/C15H15Cl2N3O2S.C11H15NO2S.C5H4Cl2N2O2S/c1-15(2,3)22-14(21)18-9-4-6-10(7-5-9)23-13-19-11(16)8-12(17)20-13;1-11(2,3)14-10(13)12-8-4-6-9(15)7-5-8;1-12(10,11)5-8-3(6)2-4(7)9-5/h4-8H,1-3H3,(H,18,21);4-7,15H,1-3H3,(H,12,13);2H,1H3. The molecule has 0 atom stereocenters. The van der Waals surface area contributed by atoms with Crippen LogP contribution in [0.1, 0.15) is 41.5 Å². The fraction of sp³-hybridized carbons (Fsp3) is 0.290. The summed E-state index contributed by atoms with van der Waals surface area (Å²) < 4.78 is 32.1. The number of carbonyl (C=O) groups excluding carboxylic acids is 2. The molecule has 2 heterocycles. The fourth-order valence-electron chi connectivity index (χ4n) is 3.05. The number of nitrogens with zero attached hydrogens (tertiary/aromatic N) is 4. The van der Waals surface area contributed by atoms with Gasteiger partial charge in [0.15, 0.2) is 5.16 Å². The third-order valence-corrected chi connectivity index (χ3v) is 7.63. The minimum atomic E-state index is -3.44. The molecule has 0 saturated heterocycles. The Hall–Kier alpha value is -3.05. The summed E-state index contributed by atoms with van der Waals surface area (Å²) in [7, 11) is -3.44. The molecule has 4 rings (SSSR count). The molecule has 0 saturated carbocycles. The van der Waals surface area contributed by atoms with E-state index in [1.807, 2.05) is 53.7 Å². The van der Waals surface area contributed by atoms with Crippen LogP contribution in [0.5, 0.6) is 0 Å². The van der Waals surface area contributed by atoms with Crippen molar-refractivity contribution in [3.05, 3.63) is 81.3 Å². The number of halogens is 4. The van der Waals surface area contributed by atoms with E-state index >= 15 is 0 Å². The van der Waals surface area contributed by atoms with Crippen LogP contribution in [0.4, 0.5) is 21.0 Å². The molecule has 0 aliphatic carbocycles. The smallest absolute Gasteiger partial charge is 0.412 e. The lowest BCUT2D eigenvalue weighted by Gasteiger charge is -2.19. The number of aromatic nitrogens is 4. The van der Waals surface area contributed by atoms with Gasteiger partial charge in [-0.3, -0.25) is 10.6 Å². The molecule has 0 fully saturated rings. The van der Waals surface area contributed by atoms with E-state index in [0.29, 0.717) is 16.5 Å². The van der Waals surface area contributed by atoms with E-state index in [1.54, 1.807) is 36.4 Å². The van der Waals surface area contributed by atoms with Gasteiger partial charge in [-0.2, -0.15) is 0 Å². The molecular weight excluding hydrogens is 790 g/mol. The van der Waals surface area contributed by atoms with Gasteiger partial charge in [0.05, 0.1) is 0 Å². The van der Waals surface area contributed by atoms with Gasteiger partial charge in [-0.15, -0.1) is 12.6 Å². The Balaban J connectivity index is 0.000000278.